The molecule has 0 aromatic heterocycles. The van der Waals surface area contributed by atoms with Gasteiger partial charge in [-0.3, -0.25) is 9.69 Å². The van der Waals surface area contributed by atoms with Crippen LogP contribution < -0.4 is 14.8 Å². The lowest BCUT2D eigenvalue weighted by molar-refractivity contribution is -0.118. The number of carbonyl (C=O) groups excluding carboxylic acids is 1. The SMILES string of the molecule is O=C1COc2cc(S(=O)(=O)NCC(c3ccccc3Cl)N3CCOCC3)c(Cl)cc2N1. The number of halogens is 2. The quantitative estimate of drug-likeness (QED) is 0.652. The van der Waals surface area contributed by atoms with Gasteiger partial charge >= 0.3 is 0 Å². The first-order valence-electron chi connectivity index (χ1n) is 9.67. The molecular formula is C20H21Cl2N3O5S. The number of fused-ring (bicyclic) bond motifs is 1. The Morgan fingerprint density at radius 1 is 1.13 bits per heavy atom. The molecule has 1 fully saturated rings. The number of carbonyl (C=O) groups is 1. The van der Waals surface area contributed by atoms with Gasteiger partial charge in [-0.05, 0) is 17.7 Å². The van der Waals surface area contributed by atoms with Crippen LogP contribution in [0, 0.1) is 0 Å². The summed E-state index contributed by atoms with van der Waals surface area (Å²) in [4.78, 5) is 13.5. The Hall–Kier alpha value is -1.88. The van der Waals surface area contributed by atoms with Crippen LogP contribution in [-0.4, -0.2) is 58.7 Å². The average Bonchev–Trinajstić information content (AvgIpc) is 2.75. The summed E-state index contributed by atoms with van der Waals surface area (Å²) in [6.07, 6.45) is 0. The van der Waals surface area contributed by atoms with Crippen LogP contribution in [0.3, 0.4) is 0 Å². The number of hydrogen-bond donors (Lipinski definition) is 2. The smallest absolute Gasteiger partial charge is 0.262 e. The van der Waals surface area contributed by atoms with Gasteiger partial charge in [0, 0.05) is 36.8 Å². The first-order chi connectivity index (χ1) is 14.8. The Labute approximate surface area is 190 Å². The second-order valence-corrected chi connectivity index (χ2v) is 9.70. The second kappa shape index (κ2) is 9.32. The summed E-state index contributed by atoms with van der Waals surface area (Å²) in [7, 11) is -3.97. The maximum Gasteiger partial charge on any atom is 0.262 e. The monoisotopic (exact) mass is 485 g/mol. The maximum absolute atomic E-state index is 13.1. The highest BCUT2D eigenvalue weighted by molar-refractivity contribution is 7.89. The van der Waals surface area contributed by atoms with Crippen molar-refractivity contribution in [3.8, 4) is 5.75 Å². The van der Waals surface area contributed by atoms with Gasteiger partial charge < -0.3 is 14.8 Å². The molecule has 0 saturated carbocycles. The Morgan fingerprint density at radius 2 is 1.87 bits per heavy atom. The molecule has 2 aromatic rings. The zero-order valence-electron chi connectivity index (χ0n) is 16.4. The molecule has 1 atom stereocenters. The van der Waals surface area contributed by atoms with Crippen LogP contribution in [0.2, 0.25) is 10.0 Å². The first kappa shape index (κ1) is 22.3. The van der Waals surface area contributed by atoms with E-state index in [-0.39, 0.29) is 40.8 Å². The third-order valence-corrected chi connectivity index (χ3v) is 7.41. The van der Waals surface area contributed by atoms with Crippen molar-refractivity contribution in [2.24, 2.45) is 0 Å². The summed E-state index contributed by atoms with van der Waals surface area (Å²) in [6.45, 7) is 2.35. The Balaban J connectivity index is 1.59. The molecule has 2 aromatic carbocycles. The lowest BCUT2D eigenvalue weighted by Crippen LogP contribution is -2.44. The fraction of sp³-hybridized carbons (Fsp3) is 0.350. The zero-order chi connectivity index (χ0) is 22.0. The van der Waals surface area contributed by atoms with Crippen molar-refractivity contribution in [2.45, 2.75) is 10.9 Å². The van der Waals surface area contributed by atoms with Crippen LogP contribution in [0.5, 0.6) is 5.75 Å². The van der Waals surface area contributed by atoms with Gasteiger partial charge in [-0.1, -0.05) is 41.4 Å². The van der Waals surface area contributed by atoms with E-state index >= 15 is 0 Å². The highest BCUT2D eigenvalue weighted by Gasteiger charge is 2.29. The number of nitrogens with zero attached hydrogens (tertiary/aromatic N) is 1. The van der Waals surface area contributed by atoms with E-state index in [1.54, 1.807) is 6.07 Å². The molecule has 166 valence electrons. The van der Waals surface area contributed by atoms with Crippen molar-refractivity contribution in [2.75, 3.05) is 44.8 Å². The summed E-state index contributed by atoms with van der Waals surface area (Å²) < 4.78 is 39.6. The molecule has 1 unspecified atom stereocenters. The van der Waals surface area contributed by atoms with E-state index in [2.05, 4.69) is 14.9 Å². The van der Waals surface area contributed by atoms with E-state index in [0.717, 1.165) is 5.56 Å². The summed E-state index contributed by atoms with van der Waals surface area (Å²) in [5, 5.41) is 3.15. The van der Waals surface area contributed by atoms with Gasteiger partial charge in [-0.2, -0.15) is 0 Å². The highest BCUT2D eigenvalue weighted by atomic mass is 35.5. The van der Waals surface area contributed by atoms with E-state index in [1.165, 1.54) is 12.1 Å². The zero-order valence-corrected chi connectivity index (χ0v) is 18.8. The predicted octanol–water partition coefficient (Wildman–Crippen LogP) is 2.68. The summed E-state index contributed by atoms with van der Waals surface area (Å²) >= 11 is 12.6. The van der Waals surface area contributed by atoms with E-state index < -0.39 is 10.0 Å². The van der Waals surface area contributed by atoms with Crippen molar-refractivity contribution in [1.82, 2.24) is 9.62 Å². The van der Waals surface area contributed by atoms with Gasteiger partial charge in [0.2, 0.25) is 10.0 Å². The molecule has 1 amide bonds. The molecule has 0 spiro atoms. The van der Waals surface area contributed by atoms with Gasteiger partial charge in [0.25, 0.3) is 5.91 Å². The van der Waals surface area contributed by atoms with Gasteiger partial charge in [0.15, 0.2) is 6.61 Å². The molecule has 11 heteroatoms. The first-order valence-corrected chi connectivity index (χ1v) is 11.9. The number of rotatable bonds is 6. The number of sulfonamides is 1. The molecule has 2 heterocycles. The lowest BCUT2D eigenvalue weighted by Gasteiger charge is -2.35. The standard InChI is InChI=1S/C20H21Cl2N3O5S/c21-14-4-2-1-3-13(14)17(25-5-7-29-8-6-25)11-23-31(27,28)19-10-18-16(9-15(19)22)24-20(26)12-30-18/h1-4,9-10,17,23H,5-8,11-12H2,(H,24,26). The third kappa shape index (κ3) is 4.97. The van der Waals surface area contributed by atoms with Gasteiger partial charge in [0.1, 0.15) is 10.6 Å². The normalized spacial score (nSPS) is 18.1. The number of amides is 1. The van der Waals surface area contributed by atoms with Gasteiger partial charge in [0.05, 0.1) is 23.9 Å². The molecule has 1 saturated heterocycles. The van der Waals surface area contributed by atoms with E-state index in [1.807, 2.05) is 18.2 Å². The molecule has 0 aliphatic carbocycles. The minimum absolute atomic E-state index is 0.0160. The maximum atomic E-state index is 13.1. The Morgan fingerprint density at radius 3 is 2.61 bits per heavy atom. The minimum Gasteiger partial charge on any atom is -0.482 e. The number of ether oxygens (including phenoxy) is 2. The molecule has 2 aliphatic rings. The Bertz CT molecular complexity index is 1090. The fourth-order valence-corrected chi connectivity index (χ4v) is 5.46. The lowest BCUT2D eigenvalue weighted by atomic mass is 10.0. The number of nitrogens with one attached hydrogen (secondary N) is 2. The van der Waals surface area contributed by atoms with Crippen molar-refractivity contribution >= 4 is 44.8 Å². The number of morpholine rings is 1. The van der Waals surface area contributed by atoms with Crippen LogP contribution in [0.4, 0.5) is 5.69 Å². The summed E-state index contributed by atoms with van der Waals surface area (Å²) in [5.74, 6) is -0.0781. The molecular weight excluding hydrogens is 465 g/mol. The number of anilines is 1. The van der Waals surface area contributed by atoms with E-state index in [9.17, 15) is 13.2 Å². The third-order valence-electron chi connectivity index (χ3n) is 5.17. The van der Waals surface area contributed by atoms with Crippen LogP contribution in [-0.2, 0) is 19.6 Å². The fourth-order valence-electron chi connectivity index (χ4n) is 3.62. The highest BCUT2D eigenvalue weighted by Crippen LogP contribution is 2.36. The van der Waals surface area contributed by atoms with Crippen LogP contribution in [0.15, 0.2) is 41.3 Å². The number of hydrogen-bond acceptors (Lipinski definition) is 6. The van der Waals surface area contributed by atoms with Gasteiger partial charge in [-0.15, -0.1) is 0 Å². The van der Waals surface area contributed by atoms with E-state index in [0.29, 0.717) is 37.0 Å². The van der Waals surface area contributed by atoms with E-state index in [4.69, 9.17) is 32.7 Å². The predicted molar refractivity (Wildman–Crippen MR) is 117 cm³/mol. The summed E-state index contributed by atoms with van der Waals surface area (Å²) in [6, 6.07) is 9.78. The molecule has 2 N–H and O–H groups in total. The van der Waals surface area contributed by atoms with Crippen LogP contribution in [0.25, 0.3) is 0 Å². The largest absolute Gasteiger partial charge is 0.482 e. The van der Waals surface area contributed by atoms with Gasteiger partial charge in [-0.25, -0.2) is 13.1 Å². The molecule has 4 rings (SSSR count). The van der Waals surface area contributed by atoms with Crippen LogP contribution in [0.1, 0.15) is 11.6 Å². The molecule has 31 heavy (non-hydrogen) atoms. The van der Waals surface area contributed by atoms with Crippen molar-refractivity contribution in [3.05, 3.63) is 52.0 Å². The Kier molecular flexibility index (Phi) is 6.71. The molecule has 2 aliphatic heterocycles. The minimum atomic E-state index is -3.97. The van der Waals surface area contributed by atoms with Crippen LogP contribution >= 0.6 is 23.2 Å². The molecule has 0 bridgehead atoms. The van der Waals surface area contributed by atoms with Crippen molar-refractivity contribution in [3.63, 3.8) is 0 Å². The van der Waals surface area contributed by atoms with Crippen molar-refractivity contribution in [1.29, 1.82) is 0 Å². The molecule has 0 radical (unpaired) electrons. The number of benzene rings is 2. The average molecular weight is 486 g/mol. The molecule has 8 nitrogen and oxygen atoms in total. The van der Waals surface area contributed by atoms with Crippen molar-refractivity contribution < 1.29 is 22.7 Å². The topological polar surface area (TPSA) is 97.0 Å². The second-order valence-electron chi connectivity index (χ2n) is 7.15. The summed E-state index contributed by atoms with van der Waals surface area (Å²) in [5.41, 5.74) is 1.17.